The van der Waals surface area contributed by atoms with E-state index in [-0.39, 0.29) is 17.6 Å². The molecule has 2 aromatic rings. The van der Waals surface area contributed by atoms with Crippen molar-refractivity contribution in [2.24, 2.45) is 5.92 Å². The van der Waals surface area contributed by atoms with Crippen molar-refractivity contribution < 1.29 is 14.3 Å². The summed E-state index contributed by atoms with van der Waals surface area (Å²) >= 11 is 3.52. The van der Waals surface area contributed by atoms with Crippen molar-refractivity contribution in [1.82, 2.24) is 0 Å². The number of alkyl halides is 1. The zero-order valence-electron chi connectivity index (χ0n) is 14.4. The highest BCUT2D eigenvalue weighted by atomic mass is 79.9. The largest absolute Gasteiger partial charge is 0.493 e. The molecule has 0 spiro atoms. The molecule has 0 saturated carbocycles. The van der Waals surface area contributed by atoms with Gasteiger partial charge in [0.25, 0.3) is 0 Å². The summed E-state index contributed by atoms with van der Waals surface area (Å²) in [6.07, 6.45) is 5.12. The predicted octanol–water partition coefficient (Wildman–Crippen LogP) is 5.10. The van der Waals surface area contributed by atoms with Crippen LogP contribution >= 0.6 is 15.9 Å². The number of benzene rings is 2. The molecular formula is C21H21BrO3. The minimum absolute atomic E-state index is 0.143. The highest BCUT2D eigenvalue weighted by Gasteiger charge is 2.33. The summed E-state index contributed by atoms with van der Waals surface area (Å²) in [5.74, 6) is 1.40. The Bertz CT molecular complexity index is 783. The lowest BCUT2D eigenvalue weighted by Gasteiger charge is -2.29. The molecule has 3 nitrogen and oxygen atoms in total. The summed E-state index contributed by atoms with van der Waals surface area (Å²) in [6, 6.07) is 13.4. The van der Waals surface area contributed by atoms with E-state index in [2.05, 4.69) is 28.1 Å². The predicted molar refractivity (Wildman–Crippen MR) is 104 cm³/mol. The lowest BCUT2D eigenvalue weighted by atomic mass is 9.74. The van der Waals surface area contributed by atoms with Crippen LogP contribution in [0.1, 0.15) is 33.8 Å². The van der Waals surface area contributed by atoms with E-state index < -0.39 is 0 Å². The van der Waals surface area contributed by atoms with Crippen LogP contribution in [0.15, 0.2) is 48.5 Å². The number of Topliss-reactive ketones (excluding diaryl/α,β-unsaturated/α-hetero) is 1. The quantitative estimate of drug-likeness (QED) is 0.499. The summed E-state index contributed by atoms with van der Waals surface area (Å²) in [5, 5.41) is 0.850. The molecule has 0 heterocycles. The molecule has 0 amide bonds. The molecule has 4 heteroatoms. The summed E-state index contributed by atoms with van der Waals surface area (Å²) in [7, 11) is 3.24. The summed E-state index contributed by atoms with van der Waals surface area (Å²) in [6.45, 7) is 0. The van der Waals surface area contributed by atoms with Crippen molar-refractivity contribution in [3.8, 4) is 11.5 Å². The Labute approximate surface area is 156 Å². The van der Waals surface area contributed by atoms with Gasteiger partial charge < -0.3 is 9.47 Å². The first-order valence-corrected chi connectivity index (χ1v) is 9.41. The van der Waals surface area contributed by atoms with Crippen molar-refractivity contribution in [3.05, 3.63) is 65.2 Å². The minimum atomic E-state index is -0.222. The van der Waals surface area contributed by atoms with Gasteiger partial charge in [0.1, 0.15) is 0 Å². The molecule has 0 fully saturated rings. The van der Waals surface area contributed by atoms with Crippen LogP contribution < -0.4 is 9.47 Å². The first-order valence-electron chi connectivity index (χ1n) is 8.29. The number of fused-ring (bicyclic) bond motifs is 1. The van der Waals surface area contributed by atoms with Crippen molar-refractivity contribution in [2.45, 2.75) is 12.3 Å². The second kappa shape index (κ2) is 7.87. The standard InChI is InChI=1S/C21H21BrO3/c1-24-18-12-16-9-8-14(10-11-22)20(17(16)13-19(18)25-2)21(23)15-6-4-3-5-7-15/h3-9,12-14,20H,10-11H2,1-2H3/t14-,20-/m0/s1. The first kappa shape index (κ1) is 17.7. The second-order valence-corrected chi connectivity index (χ2v) is 6.84. The SMILES string of the molecule is COc1cc2c(cc1OC)[C@@H](C(=O)c1ccccc1)[C@H](CCBr)C=C2. The summed E-state index contributed by atoms with van der Waals surface area (Å²) in [4.78, 5) is 13.3. The van der Waals surface area contributed by atoms with E-state index in [1.54, 1.807) is 14.2 Å². The van der Waals surface area contributed by atoms with Crippen LogP contribution in [-0.4, -0.2) is 25.3 Å². The van der Waals surface area contributed by atoms with Crippen LogP contribution in [0.2, 0.25) is 0 Å². The van der Waals surface area contributed by atoms with Crippen LogP contribution in [0.25, 0.3) is 6.08 Å². The van der Waals surface area contributed by atoms with Crippen molar-refractivity contribution in [2.75, 3.05) is 19.5 Å². The average molecular weight is 401 g/mol. The molecular weight excluding hydrogens is 380 g/mol. The van der Waals surface area contributed by atoms with Crippen molar-refractivity contribution in [1.29, 1.82) is 0 Å². The second-order valence-electron chi connectivity index (χ2n) is 6.04. The Morgan fingerprint density at radius 1 is 1.08 bits per heavy atom. The molecule has 2 aromatic carbocycles. The number of halogens is 1. The van der Waals surface area contributed by atoms with Gasteiger partial charge in [-0.05, 0) is 35.6 Å². The number of carbonyl (C=O) groups excluding carboxylic acids is 1. The molecule has 0 aliphatic heterocycles. The number of hydrogen-bond acceptors (Lipinski definition) is 3. The van der Waals surface area contributed by atoms with E-state index in [0.29, 0.717) is 11.5 Å². The fourth-order valence-corrected chi connectivity index (χ4v) is 3.93. The first-order chi connectivity index (χ1) is 12.2. The molecule has 0 N–H and O–H groups in total. The normalized spacial score (nSPS) is 18.5. The Morgan fingerprint density at radius 2 is 1.76 bits per heavy atom. The third-order valence-corrected chi connectivity index (χ3v) is 5.12. The molecule has 0 unspecified atom stereocenters. The summed E-state index contributed by atoms with van der Waals surface area (Å²) < 4.78 is 10.9. The Balaban J connectivity index is 2.11. The molecule has 1 aliphatic carbocycles. The number of hydrogen-bond donors (Lipinski definition) is 0. The maximum atomic E-state index is 13.3. The third-order valence-electron chi connectivity index (χ3n) is 4.66. The lowest BCUT2D eigenvalue weighted by molar-refractivity contribution is 0.0938. The number of methoxy groups -OCH3 is 2. The van der Waals surface area contributed by atoms with Crippen LogP contribution in [-0.2, 0) is 0 Å². The van der Waals surface area contributed by atoms with Crippen LogP contribution in [0.3, 0.4) is 0 Å². The number of rotatable bonds is 6. The third kappa shape index (κ3) is 3.49. The lowest BCUT2D eigenvalue weighted by Crippen LogP contribution is -2.24. The van der Waals surface area contributed by atoms with Crippen molar-refractivity contribution >= 4 is 27.8 Å². The van der Waals surface area contributed by atoms with Gasteiger partial charge in [0.15, 0.2) is 17.3 Å². The average Bonchev–Trinajstić information content (AvgIpc) is 2.67. The molecule has 25 heavy (non-hydrogen) atoms. The summed E-state index contributed by atoms with van der Waals surface area (Å²) in [5.41, 5.74) is 2.75. The van der Waals surface area contributed by atoms with E-state index in [1.165, 1.54) is 0 Å². The Morgan fingerprint density at radius 3 is 2.40 bits per heavy atom. The molecule has 3 rings (SSSR count). The van der Waals surface area contributed by atoms with E-state index in [9.17, 15) is 4.79 Å². The fourth-order valence-electron chi connectivity index (χ4n) is 3.40. The fraction of sp³-hybridized carbons (Fsp3) is 0.286. The Hall–Kier alpha value is -2.07. The number of ether oxygens (including phenoxy) is 2. The van der Waals surface area contributed by atoms with E-state index in [1.807, 2.05) is 42.5 Å². The van der Waals surface area contributed by atoms with Gasteiger partial charge in [0.2, 0.25) is 0 Å². The molecule has 130 valence electrons. The maximum absolute atomic E-state index is 13.3. The molecule has 1 aliphatic rings. The smallest absolute Gasteiger partial charge is 0.170 e. The topological polar surface area (TPSA) is 35.5 Å². The maximum Gasteiger partial charge on any atom is 0.170 e. The van der Waals surface area contributed by atoms with E-state index >= 15 is 0 Å². The number of allylic oxidation sites excluding steroid dienone is 1. The highest BCUT2D eigenvalue weighted by molar-refractivity contribution is 9.09. The van der Waals surface area contributed by atoms with Gasteiger partial charge in [-0.1, -0.05) is 58.4 Å². The number of ketones is 1. The zero-order valence-corrected chi connectivity index (χ0v) is 16.0. The van der Waals surface area contributed by atoms with Crippen LogP contribution in [0.5, 0.6) is 11.5 Å². The molecule has 0 saturated heterocycles. The highest BCUT2D eigenvalue weighted by Crippen LogP contribution is 2.43. The van der Waals surface area contributed by atoms with Gasteiger partial charge in [-0.25, -0.2) is 0 Å². The van der Waals surface area contributed by atoms with Gasteiger partial charge in [0, 0.05) is 10.9 Å². The van der Waals surface area contributed by atoms with Gasteiger partial charge in [0.05, 0.1) is 20.1 Å². The van der Waals surface area contributed by atoms with Gasteiger partial charge in [-0.2, -0.15) is 0 Å². The minimum Gasteiger partial charge on any atom is -0.493 e. The van der Waals surface area contributed by atoms with Gasteiger partial charge in [-0.15, -0.1) is 0 Å². The number of carbonyl (C=O) groups is 1. The van der Waals surface area contributed by atoms with E-state index in [0.717, 1.165) is 28.4 Å². The molecule has 0 radical (unpaired) electrons. The van der Waals surface area contributed by atoms with Gasteiger partial charge in [-0.3, -0.25) is 4.79 Å². The van der Waals surface area contributed by atoms with Crippen LogP contribution in [0, 0.1) is 5.92 Å². The van der Waals surface area contributed by atoms with Crippen molar-refractivity contribution in [3.63, 3.8) is 0 Å². The zero-order chi connectivity index (χ0) is 17.8. The molecule has 2 atom stereocenters. The van der Waals surface area contributed by atoms with Crippen LogP contribution in [0.4, 0.5) is 0 Å². The van der Waals surface area contributed by atoms with Gasteiger partial charge >= 0.3 is 0 Å². The van der Waals surface area contributed by atoms with E-state index in [4.69, 9.17) is 9.47 Å². The monoisotopic (exact) mass is 400 g/mol. The molecule has 0 bridgehead atoms. The molecule has 0 aromatic heterocycles. The Kier molecular flexibility index (Phi) is 5.59.